The lowest BCUT2D eigenvalue weighted by atomic mass is 10.1. The molecule has 16 heavy (non-hydrogen) atoms. The minimum atomic E-state index is -1.55. The number of hydrogen-bond donors (Lipinski definition) is 1. The molecule has 0 amide bonds. The summed E-state index contributed by atoms with van der Waals surface area (Å²) >= 11 is 0. The maximum absolute atomic E-state index is 3.77. The maximum atomic E-state index is 3.77. The van der Waals surface area contributed by atoms with Gasteiger partial charge in [-0.25, -0.2) is 0 Å². The van der Waals surface area contributed by atoms with Gasteiger partial charge in [-0.15, -0.1) is 0 Å². The van der Waals surface area contributed by atoms with E-state index >= 15 is 0 Å². The second-order valence-corrected chi connectivity index (χ2v) is 9.83. The smallest absolute Gasteiger partial charge is 0.151 e. The van der Waals surface area contributed by atoms with Crippen LogP contribution in [0.1, 0.15) is 20.8 Å². The summed E-state index contributed by atoms with van der Waals surface area (Å²) in [6.07, 6.45) is 14.9. The molecular weight excluding hydrogens is 210 g/mol. The van der Waals surface area contributed by atoms with E-state index in [9.17, 15) is 0 Å². The maximum Gasteiger partial charge on any atom is 0.151 e. The third-order valence-corrected chi connectivity index (χ3v) is 5.56. The minimum absolute atomic E-state index is 0.173. The molecule has 1 aliphatic rings. The van der Waals surface area contributed by atoms with Crippen molar-refractivity contribution in [1.82, 2.24) is 4.98 Å². The van der Waals surface area contributed by atoms with Crippen molar-refractivity contribution in [1.29, 1.82) is 0 Å². The standard InChI is InChI=1S/C14H23NSi/c1-14(2,3)15-16(4,5)13-11-9-7-6-8-10-12-13/h6-12,15H,1-5H3/b7-6-,8-6?,9-7?,10-8-,11-9-,12-10?,13-11?,13-12+. The molecule has 0 aromatic rings. The lowest BCUT2D eigenvalue weighted by Crippen LogP contribution is -2.55. The van der Waals surface area contributed by atoms with Crippen molar-refractivity contribution >= 4 is 8.24 Å². The van der Waals surface area contributed by atoms with E-state index in [4.69, 9.17) is 0 Å². The molecule has 0 saturated carbocycles. The second kappa shape index (κ2) is 4.98. The van der Waals surface area contributed by atoms with Gasteiger partial charge in [-0.05, 0) is 26.0 Å². The molecule has 0 heterocycles. The molecule has 0 saturated heterocycles. The zero-order chi connectivity index (χ0) is 12.2. The lowest BCUT2D eigenvalue weighted by molar-refractivity contribution is 0.514. The van der Waals surface area contributed by atoms with E-state index in [-0.39, 0.29) is 5.54 Å². The highest BCUT2D eigenvalue weighted by molar-refractivity contribution is 6.82. The van der Waals surface area contributed by atoms with Crippen LogP contribution in [0, 0.1) is 0 Å². The van der Waals surface area contributed by atoms with Gasteiger partial charge in [0.2, 0.25) is 0 Å². The Bertz CT molecular complexity index is 351. The van der Waals surface area contributed by atoms with E-state index in [1.165, 1.54) is 5.20 Å². The van der Waals surface area contributed by atoms with Crippen molar-refractivity contribution in [2.75, 3.05) is 0 Å². The molecule has 0 bridgehead atoms. The first-order valence-electron chi connectivity index (χ1n) is 5.83. The highest BCUT2D eigenvalue weighted by Gasteiger charge is 2.28. The summed E-state index contributed by atoms with van der Waals surface area (Å²) in [7, 11) is -1.55. The van der Waals surface area contributed by atoms with Crippen LogP contribution in [0.4, 0.5) is 0 Å². The van der Waals surface area contributed by atoms with Gasteiger partial charge in [-0.1, -0.05) is 55.6 Å². The van der Waals surface area contributed by atoms with Gasteiger partial charge >= 0.3 is 0 Å². The van der Waals surface area contributed by atoms with Crippen LogP contribution in [0.2, 0.25) is 13.1 Å². The number of hydrogen-bond acceptors (Lipinski definition) is 1. The van der Waals surface area contributed by atoms with Crippen LogP contribution in [0.3, 0.4) is 0 Å². The van der Waals surface area contributed by atoms with Crippen molar-refractivity contribution in [3.63, 3.8) is 0 Å². The summed E-state index contributed by atoms with van der Waals surface area (Å²) in [5, 5.41) is 1.43. The number of nitrogens with one attached hydrogen (secondary N) is 1. The molecule has 0 atom stereocenters. The van der Waals surface area contributed by atoms with Gasteiger partial charge in [0, 0.05) is 5.54 Å². The second-order valence-electron chi connectivity index (χ2n) is 5.75. The fraction of sp³-hybridized carbons (Fsp3) is 0.429. The highest BCUT2D eigenvalue weighted by atomic mass is 28.3. The molecule has 0 spiro atoms. The van der Waals surface area contributed by atoms with E-state index in [2.05, 4.69) is 81.4 Å². The van der Waals surface area contributed by atoms with Gasteiger partial charge in [0.15, 0.2) is 8.24 Å². The van der Waals surface area contributed by atoms with Crippen LogP contribution in [-0.4, -0.2) is 13.8 Å². The van der Waals surface area contributed by atoms with Crippen molar-refractivity contribution in [3.05, 3.63) is 47.7 Å². The Morgan fingerprint density at radius 1 is 0.938 bits per heavy atom. The van der Waals surface area contributed by atoms with Crippen molar-refractivity contribution in [3.8, 4) is 0 Å². The van der Waals surface area contributed by atoms with E-state index in [1.807, 2.05) is 0 Å². The Kier molecular flexibility index (Phi) is 4.11. The van der Waals surface area contributed by atoms with Crippen LogP contribution < -0.4 is 4.98 Å². The third-order valence-electron chi connectivity index (χ3n) is 2.41. The Morgan fingerprint density at radius 2 is 1.50 bits per heavy atom. The normalized spacial score (nSPS) is 26.2. The van der Waals surface area contributed by atoms with E-state index in [0.29, 0.717) is 0 Å². The molecule has 88 valence electrons. The van der Waals surface area contributed by atoms with E-state index in [0.717, 1.165) is 0 Å². The first-order chi connectivity index (χ1) is 7.31. The molecule has 1 nitrogen and oxygen atoms in total. The quantitative estimate of drug-likeness (QED) is 0.717. The Morgan fingerprint density at radius 3 is 2.12 bits per heavy atom. The predicted octanol–water partition coefficient (Wildman–Crippen LogP) is 3.73. The summed E-state index contributed by atoms with van der Waals surface area (Å²) in [4.78, 5) is 3.77. The van der Waals surface area contributed by atoms with Gasteiger partial charge < -0.3 is 4.98 Å². The molecule has 1 rings (SSSR count). The summed E-state index contributed by atoms with van der Waals surface area (Å²) in [5.74, 6) is 0. The Balaban J connectivity index is 2.90. The van der Waals surface area contributed by atoms with Gasteiger partial charge in [0.05, 0.1) is 0 Å². The van der Waals surface area contributed by atoms with E-state index in [1.54, 1.807) is 0 Å². The van der Waals surface area contributed by atoms with Crippen molar-refractivity contribution in [2.24, 2.45) is 0 Å². The zero-order valence-electron chi connectivity index (χ0n) is 11.0. The molecule has 1 N–H and O–H groups in total. The molecule has 0 unspecified atom stereocenters. The Labute approximate surface area is 101 Å². The zero-order valence-corrected chi connectivity index (χ0v) is 12.0. The molecule has 0 fully saturated rings. The van der Waals surface area contributed by atoms with E-state index < -0.39 is 8.24 Å². The Hall–Kier alpha value is -0.863. The van der Waals surface area contributed by atoms with Gasteiger partial charge in [0.1, 0.15) is 0 Å². The number of rotatable bonds is 2. The van der Waals surface area contributed by atoms with Gasteiger partial charge in [0.25, 0.3) is 0 Å². The fourth-order valence-electron chi connectivity index (χ4n) is 1.99. The van der Waals surface area contributed by atoms with Gasteiger partial charge in [-0.3, -0.25) is 0 Å². The summed E-state index contributed by atoms with van der Waals surface area (Å²) in [5.41, 5.74) is 0.173. The topological polar surface area (TPSA) is 12.0 Å². The van der Waals surface area contributed by atoms with Crippen LogP contribution in [0.25, 0.3) is 0 Å². The molecule has 0 aromatic heterocycles. The molecule has 0 aliphatic heterocycles. The van der Waals surface area contributed by atoms with Crippen LogP contribution in [0.15, 0.2) is 47.7 Å². The molecule has 2 heteroatoms. The minimum Gasteiger partial charge on any atom is -0.329 e. The summed E-state index contributed by atoms with van der Waals surface area (Å²) in [6, 6.07) is 0. The largest absolute Gasteiger partial charge is 0.329 e. The first-order valence-corrected chi connectivity index (χ1v) is 8.83. The SMILES string of the molecule is CC(C)(C)N[Si](C)(C)C1=C/C=C\C=C/C=C\1. The molecule has 1 aliphatic carbocycles. The fourth-order valence-corrected chi connectivity index (χ4v) is 5.04. The summed E-state index contributed by atoms with van der Waals surface area (Å²) < 4.78 is 0. The first kappa shape index (κ1) is 13.2. The van der Waals surface area contributed by atoms with Crippen LogP contribution >= 0.6 is 0 Å². The lowest BCUT2D eigenvalue weighted by Gasteiger charge is -2.34. The third kappa shape index (κ3) is 4.33. The van der Waals surface area contributed by atoms with Gasteiger partial charge in [-0.2, -0.15) is 0 Å². The van der Waals surface area contributed by atoms with Crippen molar-refractivity contribution in [2.45, 2.75) is 39.4 Å². The predicted molar refractivity (Wildman–Crippen MR) is 75.9 cm³/mol. The average Bonchev–Trinajstić information content (AvgIpc) is 1.95. The highest BCUT2D eigenvalue weighted by Crippen LogP contribution is 2.18. The van der Waals surface area contributed by atoms with Crippen molar-refractivity contribution < 1.29 is 0 Å². The number of allylic oxidation sites excluding steroid dienone is 8. The average molecular weight is 233 g/mol. The molecule has 0 radical (unpaired) electrons. The summed E-state index contributed by atoms with van der Waals surface area (Å²) in [6.45, 7) is 11.4. The van der Waals surface area contributed by atoms with Crippen LogP contribution in [0.5, 0.6) is 0 Å². The monoisotopic (exact) mass is 233 g/mol. The van der Waals surface area contributed by atoms with Crippen LogP contribution in [-0.2, 0) is 0 Å². The molecule has 0 aromatic carbocycles. The molecular formula is C14H23NSi.